The van der Waals surface area contributed by atoms with E-state index in [0.29, 0.717) is 11.4 Å². The van der Waals surface area contributed by atoms with Gasteiger partial charge in [-0.2, -0.15) is 5.10 Å². The predicted molar refractivity (Wildman–Crippen MR) is 70.4 cm³/mol. The smallest absolute Gasteiger partial charge is 0.307 e. The number of pyridine rings is 1. The van der Waals surface area contributed by atoms with Crippen LogP contribution in [0, 0.1) is 0 Å². The number of carbonyl (C=O) groups is 1. The fourth-order valence-corrected chi connectivity index (χ4v) is 1.29. The summed E-state index contributed by atoms with van der Waals surface area (Å²) in [6, 6.07) is 14.2. The van der Waals surface area contributed by atoms with Crippen LogP contribution in [0.5, 0.6) is 0 Å². The fourth-order valence-electron chi connectivity index (χ4n) is 1.29. The number of anilines is 1. The Morgan fingerprint density at radius 3 is 2.61 bits per heavy atom. The molecule has 2 rings (SSSR count). The normalized spacial score (nSPS) is 10.2. The molecule has 0 fully saturated rings. The van der Waals surface area contributed by atoms with Crippen LogP contribution in [0.3, 0.4) is 0 Å². The monoisotopic (exact) mass is 240 g/mol. The molecule has 0 atom stereocenters. The molecule has 0 aliphatic carbocycles. The second kappa shape index (κ2) is 6.15. The van der Waals surface area contributed by atoms with E-state index in [4.69, 9.17) is 0 Å². The molecule has 18 heavy (non-hydrogen) atoms. The van der Waals surface area contributed by atoms with Gasteiger partial charge >= 0.3 is 6.03 Å². The van der Waals surface area contributed by atoms with E-state index in [0.717, 1.165) is 0 Å². The third-order valence-electron chi connectivity index (χ3n) is 2.08. The van der Waals surface area contributed by atoms with E-state index >= 15 is 0 Å². The molecule has 2 N–H and O–H groups in total. The van der Waals surface area contributed by atoms with Crippen LogP contribution < -0.4 is 10.7 Å². The third kappa shape index (κ3) is 3.71. The van der Waals surface area contributed by atoms with Gasteiger partial charge in [0, 0.05) is 11.9 Å². The maximum atomic E-state index is 11.4. The van der Waals surface area contributed by atoms with Gasteiger partial charge in [0.25, 0.3) is 0 Å². The van der Waals surface area contributed by atoms with Crippen molar-refractivity contribution in [2.24, 2.45) is 5.10 Å². The number of hydrazone groups is 1. The molecule has 2 amide bonds. The number of rotatable bonds is 3. The third-order valence-corrected chi connectivity index (χ3v) is 2.08. The topological polar surface area (TPSA) is 66.4 Å². The van der Waals surface area contributed by atoms with Crippen molar-refractivity contribution in [3.63, 3.8) is 0 Å². The Labute approximate surface area is 105 Å². The Morgan fingerprint density at radius 2 is 1.89 bits per heavy atom. The van der Waals surface area contributed by atoms with Gasteiger partial charge in [0.15, 0.2) is 0 Å². The summed E-state index contributed by atoms with van der Waals surface area (Å²) >= 11 is 0. The molecule has 0 bridgehead atoms. The number of hydrogen-bond acceptors (Lipinski definition) is 3. The molecule has 0 saturated heterocycles. The molecule has 0 saturated carbocycles. The van der Waals surface area contributed by atoms with Gasteiger partial charge in [-0.25, -0.2) is 10.2 Å². The second-order valence-corrected chi connectivity index (χ2v) is 3.44. The van der Waals surface area contributed by atoms with Crippen LogP contribution in [0.25, 0.3) is 0 Å². The van der Waals surface area contributed by atoms with Gasteiger partial charge in [0.2, 0.25) is 0 Å². The lowest BCUT2D eigenvalue weighted by Crippen LogP contribution is -2.24. The molecule has 2 aromatic rings. The molecule has 0 radical (unpaired) electrons. The highest BCUT2D eigenvalue weighted by Crippen LogP contribution is 2.03. The van der Waals surface area contributed by atoms with E-state index in [9.17, 15) is 4.79 Å². The van der Waals surface area contributed by atoms with Crippen molar-refractivity contribution in [3.05, 3.63) is 60.4 Å². The summed E-state index contributed by atoms with van der Waals surface area (Å²) in [6.45, 7) is 0. The SMILES string of the molecule is O=C(N/N=C\c1ccccn1)Nc1ccccc1. The molecule has 90 valence electrons. The van der Waals surface area contributed by atoms with E-state index < -0.39 is 6.03 Å². The fraction of sp³-hybridized carbons (Fsp3) is 0. The highest BCUT2D eigenvalue weighted by atomic mass is 16.2. The number of nitrogens with one attached hydrogen (secondary N) is 2. The van der Waals surface area contributed by atoms with E-state index in [1.807, 2.05) is 30.3 Å². The summed E-state index contributed by atoms with van der Waals surface area (Å²) in [5.74, 6) is 0. The van der Waals surface area contributed by atoms with Crippen LogP contribution in [0.1, 0.15) is 5.69 Å². The standard InChI is InChI=1S/C13H12N4O/c18-13(16-11-6-2-1-3-7-11)17-15-10-12-8-4-5-9-14-12/h1-10H,(H2,16,17,18)/b15-10-. The van der Waals surface area contributed by atoms with Crippen molar-refractivity contribution in [1.29, 1.82) is 0 Å². The Hall–Kier alpha value is -2.69. The number of hydrogen-bond donors (Lipinski definition) is 2. The van der Waals surface area contributed by atoms with Crippen molar-refractivity contribution in [3.8, 4) is 0 Å². The minimum Gasteiger partial charge on any atom is -0.307 e. The first-order valence-corrected chi connectivity index (χ1v) is 5.41. The summed E-state index contributed by atoms with van der Waals surface area (Å²) in [7, 11) is 0. The maximum Gasteiger partial charge on any atom is 0.339 e. The quantitative estimate of drug-likeness (QED) is 0.638. The Morgan fingerprint density at radius 1 is 1.11 bits per heavy atom. The summed E-state index contributed by atoms with van der Waals surface area (Å²) in [5, 5.41) is 6.43. The second-order valence-electron chi connectivity index (χ2n) is 3.44. The Bertz CT molecular complexity index is 525. The molecule has 0 aliphatic rings. The molecule has 5 nitrogen and oxygen atoms in total. The number of aromatic nitrogens is 1. The van der Waals surface area contributed by atoms with Crippen molar-refractivity contribution in [2.75, 3.05) is 5.32 Å². The van der Waals surface area contributed by atoms with Crippen LogP contribution in [-0.2, 0) is 0 Å². The molecule has 5 heteroatoms. The number of urea groups is 1. The van der Waals surface area contributed by atoms with Crippen LogP contribution >= 0.6 is 0 Å². The van der Waals surface area contributed by atoms with Gasteiger partial charge in [-0.3, -0.25) is 4.98 Å². The van der Waals surface area contributed by atoms with Crippen molar-refractivity contribution in [1.82, 2.24) is 10.4 Å². The van der Waals surface area contributed by atoms with E-state index in [-0.39, 0.29) is 0 Å². The van der Waals surface area contributed by atoms with Crippen molar-refractivity contribution in [2.45, 2.75) is 0 Å². The number of carbonyl (C=O) groups excluding carboxylic acids is 1. The van der Waals surface area contributed by atoms with Gasteiger partial charge < -0.3 is 5.32 Å². The first-order valence-electron chi connectivity index (χ1n) is 5.41. The zero-order valence-corrected chi connectivity index (χ0v) is 9.58. The summed E-state index contributed by atoms with van der Waals surface area (Å²) in [5.41, 5.74) is 3.75. The Balaban J connectivity index is 1.84. The van der Waals surface area contributed by atoms with E-state index in [1.165, 1.54) is 6.21 Å². The zero-order valence-electron chi connectivity index (χ0n) is 9.58. The van der Waals surface area contributed by atoms with Crippen molar-refractivity contribution >= 4 is 17.9 Å². The number of nitrogens with zero attached hydrogens (tertiary/aromatic N) is 2. The van der Waals surface area contributed by atoms with Gasteiger partial charge in [0.05, 0.1) is 11.9 Å². The van der Waals surface area contributed by atoms with Crippen LogP contribution in [0.2, 0.25) is 0 Å². The molecule has 0 aliphatic heterocycles. The van der Waals surface area contributed by atoms with E-state index in [1.54, 1.807) is 24.4 Å². The summed E-state index contributed by atoms with van der Waals surface area (Å²) in [6.07, 6.45) is 3.13. The highest BCUT2D eigenvalue weighted by molar-refractivity contribution is 5.90. The molecular weight excluding hydrogens is 228 g/mol. The lowest BCUT2D eigenvalue weighted by Gasteiger charge is -2.02. The summed E-state index contributed by atoms with van der Waals surface area (Å²) < 4.78 is 0. The Kier molecular flexibility index (Phi) is 4.02. The number of amides is 2. The van der Waals surface area contributed by atoms with E-state index in [2.05, 4.69) is 20.8 Å². The zero-order chi connectivity index (χ0) is 12.6. The summed E-state index contributed by atoms with van der Waals surface area (Å²) in [4.78, 5) is 15.5. The lowest BCUT2D eigenvalue weighted by molar-refractivity contribution is 0.252. The van der Waals surface area contributed by atoms with Gasteiger partial charge in [-0.1, -0.05) is 24.3 Å². The molecular formula is C13H12N4O. The maximum absolute atomic E-state index is 11.4. The highest BCUT2D eigenvalue weighted by Gasteiger charge is 1.97. The number of para-hydroxylation sites is 1. The van der Waals surface area contributed by atoms with Crippen LogP contribution in [0.4, 0.5) is 10.5 Å². The largest absolute Gasteiger partial charge is 0.339 e. The first kappa shape index (κ1) is 11.8. The van der Waals surface area contributed by atoms with Crippen LogP contribution in [-0.4, -0.2) is 17.2 Å². The van der Waals surface area contributed by atoms with Gasteiger partial charge in [0.1, 0.15) is 0 Å². The molecule has 0 spiro atoms. The minimum atomic E-state index is -0.395. The molecule has 0 unspecified atom stereocenters. The predicted octanol–water partition coefficient (Wildman–Crippen LogP) is 2.24. The average molecular weight is 240 g/mol. The van der Waals surface area contributed by atoms with Crippen molar-refractivity contribution < 1.29 is 4.79 Å². The van der Waals surface area contributed by atoms with Gasteiger partial charge in [-0.15, -0.1) is 0 Å². The average Bonchev–Trinajstić information content (AvgIpc) is 2.41. The van der Waals surface area contributed by atoms with Gasteiger partial charge in [-0.05, 0) is 24.3 Å². The number of benzene rings is 1. The molecule has 1 heterocycles. The minimum absolute atomic E-state index is 0.395. The molecule has 1 aromatic heterocycles. The first-order chi connectivity index (χ1) is 8.84. The van der Waals surface area contributed by atoms with Crippen LogP contribution in [0.15, 0.2) is 59.8 Å². The lowest BCUT2D eigenvalue weighted by atomic mass is 10.3. The molecule has 1 aromatic carbocycles.